The summed E-state index contributed by atoms with van der Waals surface area (Å²) in [6, 6.07) is 5.52. The van der Waals surface area contributed by atoms with Crippen molar-refractivity contribution in [2.75, 3.05) is 13.2 Å². The van der Waals surface area contributed by atoms with Gasteiger partial charge in [-0.25, -0.2) is 0 Å². The molecule has 0 N–H and O–H groups in total. The number of rotatable bonds is 1. The molecule has 100 valence electrons. The normalized spacial score (nSPS) is 20.3. The Labute approximate surface area is 112 Å². The molecule has 1 aromatic rings. The van der Waals surface area contributed by atoms with E-state index in [9.17, 15) is 9.59 Å². The van der Waals surface area contributed by atoms with Crippen molar-refractivity contribution in [3.63, 3.8) is 0 Å². The number of ketones is 1. The lowest BCUT2D eigenvalue weighted by molar-refractivity contribution is -0.123. The maximum Gasteiger partial charge on any atom is 0.254 e. The van der Waals surface area contributed by atoms with Gasteiger partial charge in [0.2, 0.25) is 0 Å². The minimum Gasteiger partial charge on any atom is -0.493 e. The highest BCUT2D eigenvalue weighted by molar-refractivity contribution is 6.02. The van der Waals surface area contributed by atoms with Gasteiger partial charge in [-0.05, 0) is 37.6 Å². The molecule has 0 saturated carbocycles. The Hall–Kier alpha value is -1.84. The molecule has 2 aliphatic rings. The predicted molar refractivity (Wildman–Crippen MR) is 70.4 cm³/mol. The van der Waals surface area contributed by atoms with Crippen molar-refractivity contribution in [1.82, 2.24) is 4.90 Å². The van der Waals surface area contributed by atoms with Gasteiger partial charge in [-0.15, -0.1) is 0 Å². The van der Waals surface area contributed by atoms with Gasteiger partial charge in [-0.3, -0.25) is 9.59 Å². The minimum atomic E-state index is -0.688. The van der Waals surface area contributed by atoms with Crippen LogP contribution in [0.25, 0.3) is 0 Å². The highest BCUT2D eigenvalue weighted by Crippen LogP contribution is 2.30. The molecule has 1 fully saturated rings. The van der Waals surface area contributed by atoms with Crippen LogP contribution in [0.1, 0.15) is 36.2 Å². The molecule has 1 aromatic carbocycles. The van der Waals surface area contributed by atoms with E-state index in [4.69, 9.17) is 4.74 Å². The van der Waals surface area contributed by atoms with Crippen LogP contribution in [0, 0.1) is 0 Å². The van der Waals surface area contributed by atoms with Crippen LogP contribution in [-0.4, -0.2) is 35.3 Å². The van der Waals surface area contributed by atoms with E-state index < -0.39 is 5.54 Å². The summed E-state index contributed by atoms with van der Waals surface area (Å²) >= 11 is 0. The van der Waals surface area contributed by atoms with E-state index in [0.29, 0.717) is 25.1 Å². The lowest BCUT2D eigenvalue weighted by Crippen LogP contribution is -2.46. The Morgan fingerprint density at radius 3 is 2.79 bits per heavy atom. The third kappa shape index (κ3) is 1.82. The van der Waals surface area contributed by atoms with E-state index in [2.05, 4.69) is 0 Å². The molecule has 0 radical (unpaired) electrons. The number of likely N-dealkylation sites (tertiary alicyclic amines) is 1. The fourth-order valence-electron chi connectivity index (χ4n) is 2.78. The summed E-state index contributed by atoms with van der Waals surface area (Å²) < 4.78 is 5.44. The number of hydrogen-bond acceptors (Lipinski definition) is 3. The topological polar surface area (TPSA) is 46.6 Å². The van der Waals surface area contributed by atoms with E-state index in [1.165, 1.54) is 0 Å². The van der Waals surface area contributed by atoms with Crippen LogP contribution < -0.4 is 4.74 Å². The van der Waals surface area contributed by atoms with Crippen LogP contribution in [0.2, 0.25) is 0 Å². The third-order valence-electron chi connectivity index (χ3n) is 4.10. The molecule has 0 aliphatic carbocycles. The Balaban J connectivity index is 1.91. The van der Waals surface area contributed by atoms with E-state index in [-0.39, 0.29) is 11.7 Å². The summed E-state index contributed by atoms with van der Waals surface area (Å²) in [4.78, 5) is 26.0. The molecule has 0 atom stereocenters. The smallest absolute Gasteiger partial charge is 0.254 e. The zero-order valence-corrected chi connectivity index (χ0v) is 11.2. The first kappa shape index (κ1) is 12.2. The zero-order valence-electron chi connectivity index (χ0n) is 11.2. The maximum absolute atomic E-state index is 12.5. The monoisotopic (exact) mass is 259 g/mol. The van der Waals surface area contributed by atoms with E-state index >= 15 is 0 Å². The summed E-state index contributed by atoms with van der Waals surface area (Å²) in [6.45, 7) is 4.83. The molecule has 19 heavy (non-hydrogen) atoms. The summed E-state index contributed by atoms with van der Waals surface area (Å²) in [5.41, 5.74) is 1.04. The molecule has 4 nitrogen and oxygen atoms in total. The number of ether oxygens (including phenoxy) is 1. The van der Waals surface area contributed by atoms with E-state index in [1.54, 1.807) is 11.0 Å². The quantitative estimate of drug-likeness (QED) is 0.772. The second-order valence-corrected chi connectivity index (χ2v) is 5.61. The molecule has 3 rings (SSSR count). The standard InChI is InChI=1S/C15H17NO3/c1-15(2)13(17)5-7-16(15)14(18)11-3-4-12-10(9-11)6-8-19-12/h3-4,9H,5-8H2,1-2H3. The molecule has 0 bridgehead atoms. The van der Waals surface area contributed by atoms with Crippen LogP contribution in [0.4, 0.5) is 0 Å². The zero-order chi connectivity index (χ0) is 13.6. The van der Waals surface area contributed by atoms with Crippen LogP contribution in [0.15, 0.2) is 18.2 Å². The average molecular weight is 259 g/mol. The van der Waals surface area contributed by atoms with Crippen LogP contribution in [0.3, 0.4) is 0 Å². The first-order chi connectivity index (χ1) is 9.00. The molecule has 0 unspecified atom stereocenters. The van der Waals surface area contributed by atoms with Crippen LogP contribution >= 0.6 is 0 Å². The molecular weight excluding hydrogens is 242 g/mol. The van der Waals surface area contributed by atoms with Crippen LogP contribution in [-0.2, 0) is 11.2 Å². The van der Waals surface area contributed by atoms with Gasteiger partial charge >= 0.3 is 0 Å². The van der Waals surface area contributed by atoms with Crippen molar-refractivity contribution in [2.24, 2.45) is 0 Å². The van der Waals surface area contributed by atoms with E-state index in [1.807, 2.05) is 26.0 Å². The van der Waals surface area contributed by atoms with Crippen molar-refractivity contribution in [2.45, 2.75) is 32.2 Å². The van der Waals surface area contributed by atoms with Crippen molar-refractivity contribution < 1.29 is 14.3 Å². The molecule has 2 aliphatic heterocycles. The summed E-state index contributed by atoms with van der Waals surface area (Å²) in [7, 11) is 0. The SMILES string of the molecule is CC1(C)C(=O)CCN1C(=O)c1ccc2c(c1)CCO2. The number of amides is 1. The number of benzene rings is 1. The number of carbonyl (C=O) groups excluding carboxylic acids is 2. The minimum absolute atomic E-state index is 0.0643. The summed E-state index contributed by atoms with van der Waals surface area (Å²) in [5, 5.41) is 0. The average Bonchev–Trinajstić information content (AvgIpc) is 2.94. The van der Waals surface area contributed by atoms with Gasteiger partial charge in [0.05, 0.1) is 12.1 Å². The number of nitrogens with zero attached hydrogens (tertiary/aromatic N) is 1. The molecule has 2 heterocycles. The molecular formula is C15H17NO3. The van der Waals surface area contributed by atoms with Crippen molar-refractivity contribution in [3.05, 3.63) is 29.3 Å². The molecule has 4 heteroatoms. The number of hydrogen-bond donors (Lipinski definition) is 0. The first-order valence-electron chi connectivity index (χ1n) is 6.61. The van der Waals surface area contributed by atoms with E-state index in [0.717, 1.165) is 17.7 Å². The van der Waals surface area contributed by atoms with Gasteiger partial charge in [0.15, 0.2) is 5.78 Å². The van der Waals surface area contributed by atoms with Gasteiger partial charge in [-0.1, -0.05) is 0 Å². The Morgan fingerprint density at radius 1 is 1.32 bits per heavy atom. The molecule has 1 saturated heterocycles. The number of Topliss-reactive ketones (excluding diaryl/α,β-unsaturated/α-hetero) is 1. The van der Waals surface area contributed by atoms with Crippen molar-refractivity contribution in [1.29, 1.82) is 0 Å². The third-order valence-corrected chi connectivity index (χ3v) is 4.10. The number of fused-ring (bicyclic) bond motifs is 1. The van der Waals surface area contributed by atoms with Gasteiger partial charge in [0.25, 0.3) is 5.91 Å². The van der Waals surface area contributed by atoms with Gasteiger partial charge in [-0.2, -0.15) is 0 Å². The maximum atomic E-state index is 12.5. The summed E-state index contributed by atoms with van der Waals surface area (Å²) in [6.07, 6.45) is 1.30. The van der Waals surface area contributed by atoms with Crippen LogP contribution in [0.5, 0.6) is 5.75 Å². The fourth-order valence-corrected chi connectivity index (χ4v) is 2.78. The number of carbonyl (C=O) groups is 2. The Bertz CT molecular complexity index is 563. The highest BCUT2D eigenvalue weighted by Gasteiger charge is 2.43. The van der Waals surface area contributed by atoms with Gasteiger partial charge in [0.1, 0.15) is 5.75 Å². The summed E-state index contributed by atoms with van der Waals surface area (Å²) in [5.74, 6) is 0.934. The first-order valence-corrected chi connectivity index (χ1v) is 6.61. The Kier molecular flexibility index (Phi) is 2.62. The molecule has 1 amide bonds. The largest absolute Gasteiger partial charge is 0.493 e. The lowest BCUT2D eigenvalue weighted by atomic mass is 9.99. The Morgan fingerprint density at radius 2 is 2.11 bits per heavy atom. The van der Waals surface area contributed by atoms with Crippen molar-refractivity contribution >= 4 is 11.7 Å². The second kappa shape index (κ2) is 4.08. The fraction of sp³-hybridized carbons (Fsp3) is 0.467. The molecule has 0 spiro atoms. The lowest BCUT2D eigenvalue weighted by Gasteiger charge is -2.30. The molecule has 0 aromatic heterocycles. The highest BCUT2D eigenvalue weighted by atomic mass is 16.5. The predicted octanol–water partition coefficient (Wildman–Crippen LogP) is 1.82. The van der Waals surface area contributed by atoms with Crippen molar-refractivity contribution in [3.8, 4) is 5.75 Å². The second-order valence-electron chi connectivity index (χ2n) is 5.61. The van der Waals surface area contributed by atoms with Gasteiger partial charge < -0.3 is 9.64 Å². The van der Waals surface area contributed by atoms with Gasteiger partial charge in [0, 0.05) is 24.9 Å².